The molecule has 0 spiro atoms. The topological polar surface area (TPSA) is 85.8 Å². The van der Waals surface area contributed by atoms with Gasteiger partial charge in [0.05, 0.1) is 12.2 Å². The van der Waals surface area contributed by atoms with Gasteiger partial charge >= 0.3 is 0 Å². The highest BCUT2D eigenvalue weighted by Gasteiger charge is 2.32. The summed E-state index contributed by atoms with van der Waals surface area (Å²) >= 11 is 0. The fourth-order valence-electron chi connectivity index (χ4n) is 3.25. The van der Waals surface area contributed by atoms with E-state index in [2.05, 4.69) is 0 Å². The van der Waals surface area contributed by atoms with Crippen LogP contribution in [0, 0.1) is 0 Å². The summed E-state index contributed by atoms with van der Waals surface area (Å²) in [5, 5.41) is 0. The Morgan fingerprint density at radius 2 is 1.75 bits per heavy atom. The molecule has 2 aromatic carbocycles. The molecule has 1 unspecified atom stereocenters. The molecule has 2 N–H and O–H groups in total. The molecule has 2 heterocycles. The number of fused-ring (bicyclic) bond motifs is 1. The lowest BCUT2D eigenvalue weighted by atomic mass is 10.1. The number of carbonyl (C=O) groups is 2. The first kappa shape index (κ1) is 17.9. The monoisotopic (exact) mass is 376 g/mol. The van der Waals surface area contributed by atoms with Crippen molar-refractivity contribution in [3.63, 3.8) is 0 Å². The van der Waals surface area contributed by atoms with Gasteiger partial charge in [0.25, 0.3) is 5.91 Å². The van der Waals surface area contributed by atoms with Crippen LogP contribution >= 0.6 is 0 Å². The van der Waals surface area contributed by atoms with Crippen molar-refractivity contribution in [3.05, 3.63) is 72.5 Å². The number of nitrogens with two attached hydrogens (primary N) is 1. The Balaban J connectivity index is 1.46. The van der Waals surface area contributed by atoms with Crippen molar-refractivity contribution in [2.24, 2.45) is 5.73 Å². The number of amides is 2. The van der Waals surface area contributed by atoms with Gasteiger partial charge in [-0.25, -0.2) is 0 Å². The van der Waals surface area contributed by atoms with Gasteiger partial charge in [-0.15, -0.1) is 0 Å². The number of anilines is 1. The molecule has 1 aliphatic rings. The van der Waals surface area contributed by atoms with E-state index in [1.807, 2.05) is 48.5 Å². The molecule has 0 fully saturated rings. The zero-order valence-corrected chi connectivity index (χ0v) is 15.2. The second kappa shape index (κ2) is 7.60. The maximum atomic E-state index is 12.9. The number of benzene rings is 2. The molecule has 6 heteroatoms. The lowest BCUT2D eigenvalue weighted by Gasteiger charge is -2.33. The standard InChI is InChI=1S/C22H20N2O4/c23-22(26)20-14-24(17-8-4-5-9-19(17)28-20)21(25)13-11-16-10-12-18(27-16)15-6-2-1-3-7-15/h1-10,12,20H,11,13-14H2,(H2,23,26). The maximum absolute atomic E-state index is 12.9. The SMILES string of the molecule is NC(=O)C1CN(C(=O)CCc2ccc(-c3ccccc3)o2)c2ccccc2O1. The number of ether oxygens (including phenoxy) is 1. The normalized spacial score (nSPS) is 15.6. The molecular weight excluding hydrogens is 356 g/mol. The highest BCUT2D eigenvalue weighted by Crippen LogP contribution is 2.33. The predicted octanol–water partition coefficient (Wildman–Crippen LogP) is 3.16. The number of carbonyl (C=O) groups excluding carboxylic acids is 2. The summed E-state index contributed by atoms with van der Waals surface area (Å²) in [6.45, 7) is 0.110. The van der Waals surface area contributed by atoms with Crippen molar-refractivity contribution in [2.45, 2.75) is 18.9 Å². The zero-order valence-electron chi connectivity index (χ0n) is 15.2. The van der Waals surface area contributed by atoms with E-state index in [4.69, 9.17) is 14.9 Å². The lowest BCUT2D eigenvalue weighted by Crippen LogP contribution is -2.49. The largest absolute Gasteiger partial charge is 0.477 e. The molecule has 2 amide bonds. The molecule has 3 aromatic rings. The summed E-state index contributed by atoms with van der Waals surface area (Å²) < 4.78 is 11.5. The molecule has 0 saturated carbocycles. The van der Waals surface area contributed by atoms with Crippen LogP contribution in [0.2, 0.25) is 0 Å². The van der Waals surface area contributed by atoms with Gasteiger partial charge in [-0.2, -0.15) is 0 Å². The number of hydrogen-bond acceptors (Lipinski definition) is 4. The average molecular weight is 376 g/mol. The quantitative estimate of drug-likeness (QED) is 0.741. The minimum atomic E-state index is -0.854. The van der Waals surface area contributed by atoms with Crippen molar-refractivity contribution in [2.75, 3.05) is 11.4 Å². The van der Waals surface area contributed by atoms with Crippen molar-refractivity contribution >= 4 is 17.5 Å². The van der Waals surface area contributed by atoms with Crippen molar-refractivity contribution in [1.82, 2.24) is 0 Å². The highest BCUT2D eigenvalue weighted by atomic mass is 16.5. The van der Waals surface area contributed by atoms with Crippen molar-refractivity contribution in [3.8, 4) is 17.1 Å². The van der Waals surface area contributed by atoms with Crippen molar-refractivity contribution < 1.29 is 18.7 Å². The number of primary amides is 1. The Labute approximate surface area is 162 Å². The first-order chi connectivity index (χ1) is 13.6. The molecule has 0 aliphatic carbocycles. The number of aryl methyl sites for hydroxylation is 1. The summed E-state index contributed by atoms with van der Waals surface area (Å²) in [6.07, 6.45) is -0.138. The molecule has 6 nitrogen and oxygen atoms in total. The van der Waals surface area contributed by atoms with E-state index in [1.54, 1.807) is 23.1 Å². The molecule has 28 heavy (non-hydrogen) atoms. The molecule has 1 aliphatic heterocycles. The number of furan rings is 1. The van der Waals surface area contributed by atoms with Crippen LogP contribution in [0.4, 0.5) is 5.69 Å². The van der Waals surface area contributed by atoms with Gasteiger partial charge in [0, 0.05) is 18.4 Å². The Kier molecular flexibility index (Phi) is 4.85. The van der Waals surface area contributed by atoms with E-state index < -0.39 is 12.0 Å². The minimum Gasteiger partial charge on any atom is -0.477 e. The van der Waals surface area contributed by atoms with E-state index in [9.17, 15) is 9.59 Å². The smallest absolute Gasteiger partial charge is 0.260 e. The van der Waals surface area contributed by atoms with Crippen LogP contribution in [0.25, 0.3) is 11.3 Å². The Hall–Kier alpha value is -3.54. The molecule has 4 rings (SSSR count). The van der Waals surface area contributed by atoms with E-state index in [0.717, 1.165) is 17.1 Å². The van der Waals surface area contributed by atoms with Gasteiger partial charge in [0.1, 0.15) is 17.3 Å². The van der Waals surface area contributed by atoms with Crippen LogP contribution in [0.15, 0.2) is 71.1 Å². The average Bonchev–Trinajstić information content (AvgIpc) is 3.21. The first-order valence-corrected chi connectivity index (χ1v) is 9.11. The predicted molar refractivity (Wildman–Crippen MR) is 105 cm³/mol. The van der Waals surface area contributed by atoms with Crippen LogP contribution in [0.1, 0.15) is 12.2 Å². The number of para-hydroxylation sites is 2. The van der Waals surface area contributed by atoms with Gasteiger partial charge in [-0.3, -0.25) is 9.59 Å². The molecule has 0 bridgehead atoms. The summed E-state index contributed by atoms with van der Waals surface area (Å²) in [6, 6.07) is 20.7. The van der Waals surface area contributed by atoms with E-state index in [-0.39, 0.29) is 18.9 Å². The second-order valence-electron chi connectivity index (χ2n) is 6.61. The fraction of sp³-hybridized carbons (Fsp3) is 0.182. The summed E-state index contributed by atoms with van der Waals surface area (Å²) in [7, 11) is 0. The summed E-state index contributed by atoms with van der Waals surface area (Å²) in [5.41, 5.74) is 7.03. The van der Waals surface area contributed by atoms with Gasteiger partial charge < -0.3 is 19.8 Å². The first-order valence-electron chi connectivity index (χ1n) is 9.11. The Bertz CT molecular complexity index is 997. The molecule has 0 radical (unpaired) electrons. The lowest BCUT2D eigenvalue weighted by molar-refractivity contribution is -0.125. The summed E-state index contributed by atoms with van der Waals surface area (Å²) in [5.74, 6) is 1.29. The van der Waals surface area contributed by atoms with E-state index in [0.29, 0.717) is 17.9 Å². The van der Waals surface area contributed by atoms with Crippen LogP contribution < -0.4 is 15.4 Å². The Morgan fingerprint density at radius 3 is 2.54 bits per heavy atom. The third-order valence-electron chi connectivity index (χ3n) is 4.70. The Morgan fingerprint density at radius 1 is 1.00 bits per heavy atom. The third kappa shape index (κ3) is 3.62. The van der Waals surface area contributed by atoms with Crippen molar-refractivity contribution in [1.29, 1.82) is 0 Å². The second-order valence-corrected chi connectivity index (χ2v) is 6.61. The van der Waals surface area contributed by atoms with Crippen LogP contribution in [-0.2, 0) is 16.0 Å². The summed E-state index contributed by atoms with van der Waals surface area (Å²) in [4.78, 5) is 26.0. The van der Waals surface area contributed by atoms with E-state index >= 15 is 0 Å². The van der Waals surface area contributed by atoms with Crippen LogP contribution in [-0.4, -0.2) is 24.5 Å². The molecule has 0 saturated heterocycles. The fourth-order valence-corrected chi connectivity index (χ4v) is 3.25. The molecule has 142 valence electrons. The van der Waals surface area contributed by atoms with Gasteiger partial charge in [-0.1, -0.05) is 42.5 Å². The molecular formula is C22H20N2O4. The van der Waals surface area contributed by atoms with Gasteiger partial charge in [0.2, 0.25) is 5.91 Å². The zero-order chi connectivity index (χ0) is 19.5. The van der Waals surface area contributed by atoms with Crippen LogP contribution in [0.3, 0.4) is 0 Å². The van der Waals surface area contributed by atoms with E-state index in [1.165, 1.54) is 0 Å². The van der Waals surface area contributed by atoms with Gasteiger partial charge in [-0.05, 0) is 24.3 Å². The molecule has 1 aromatic heterocycles. The van der Waals surface area contributed by atoms with Gasteiger partial charge in [0.15, 0.2) is 6.10 Å². The molecule has 1 atom stereocenters. The highest BCUT2D eigenvalue weighted by molar-refractivity contribution is 5.97. The minimum absolute atomic E-state index is 0.110. The number of hydrogen-bond donors (Lipinski definition) is 1. The number of rotatable bonds is 5. The third-order valence-corrected chi connectivity index (χ3v) is 4.70. The maximum Gasteiger partial charge on any atom is 0.260 e. The number of nitrogens with zero attached hydrogens (tertiary/aromatic N) is 1. The van der Waals surface area contributed by atoms with Crippen LogP contribution in [0.5, 0.6) is 5.75 Å².